The summed E-state index contributed by atoms with van der Waals surface area (Å²) < 4.78 is 27.3. The van der Waals surface area contributed by atoms with E-state index in [4.69, 9.17) is 11.6 Å². The number of amides is 2. The molecule has 0 saturated carbocycles. The van der Waals surface area contributed by atoms with Gasteiger partial charge in [-0.1, -0.05) is 51.4 Å². The molecule has 2 N–H and O–H groups in total. The number of piperidine rings is 1. The Labute approximate surface area is 219 Å². The van der Waals surface area contributed by atoms with Crippen molar-refractivity contribution in [2.45, 2.75) is 52.2 Å². The molecule has 0 spiro atoms. The molecule has 1 aromatic rings. The van der Waals surface area contributed by atoms with E-state index < -0.39 is 33.2 Å². The van der Waals surface area contributed by atoms with E-state index >= 15 is 0 Å². The van der Waals surface area contributed by atoms with Crippen LogP contribution in [0.15, 0.2) is 24.3 Å². The highest BCUT2D eigenvalue weighted by Crippen LogP contribution is 2.46. The maximum Gasteiger partial charge on any atom is 0.281 e. The standard InChI is InChI=1S/C25H39ClN4O5S/c1-17(2)21(27-22(31)18-11-13-30(15-18)36(34,35)28(5)6)23(32)29-14-12-25(33,24(3,4)16-29)19-7-9-20(26)10-8-19/h7-10,17-18,21,33H,11-16H2,1-6H3,(H,27,31)/t18-,21-,25+/m1/s1. The number of benzene rings is 1. The van der Waals surface area contributed by atoms with Crippen molar-refractivity contribution in [3.8, 4) is 0 Å². The first-order chi connectivity index (χ1) is 16.6. The monoisotopic (exact) mass is 542 g/mol. The fourth-order valence-electron chi connectivity index (χ4n) is 5.14. The van der Waals surface area contributed by atoms with Crippen molar-refractivity contribution in [2.75, 3.05) is 40.3 Å². The fraction of sp³-hybridized carbons (Fsp3) is 0.680. The van der Waals surface area contributed by atoms with Crippen LogP contribution in [0.1, 0.15) is 46.1 Å². The van der Waals surface area contributed by atoms with Crippen molar-refractivity contribution >= 4 is 33.6 Å². The van der Waals surface area contributed by atoms with Crippen molar-refractivity contribution in [3.05, 3.63) is 34.9 Å². The molecule has 11 heteroatoms. The Morgan fingerprint density at radius 3 is 2.31 bits per heavy atom. The lowest BCUT2D eigenvalue weighted by Gasteiger charge is -2.51. The first-order valence-electron chi connectivity index (χ1n) is 12.4. The number of nitrogens with one attached hydrogen (secondary N) is 1. The van der Waals surface area contributed by atoms with Gasteiger partial charge in [0.05, 0.1) is 11.5 Å². The van der Waals surface area contributed by atoms with Crippen LogP contribution in [0, 0.1) is 17.3 Å². The van der Waals surface area contributed by atoms with Gasteiger partial charge in [0, 0.05) is 50.7 Å². The van der Waals surface area contributed by atoms with Crippen LogP contribution in [0.2, 0.25) is 5.02 Å². The zero-order valence-corrected chi connectivity index (χ0v) is 23.6. The molecule has 9 nitrogen and oxygen atoms in total. The normalized spacial score (nSPS) is 25.8. The molecule has 0 aliphatic carbocycles. The Morgan fingerprint density at radius 1 is 1.17 bits per heavy atom. The van der Waals surface area contributed by atoms with Crippen LogP contribution in [0.25, 0.3) is 0 Å². The van der Waals surface area contributed by atoms with Gasteiger partial charge in [-0.25, -0.2) is 0 Å². The molecule has 0 bridgehead atoms. The molecular weight excluding hydrogens is 504 g/mol. The highest BCUT2D eigenvalue weighted by Gasteiger charge is 2.50. The van der Waals surface area contributed by atoms with Gasteiger partial charge in [0.15, 0.2) is 0 Å². The van der Waals surface area contributed by atoms with E-state index in [0.717, 1.165) is 9.87 Å². The van der Waals surface area contributed by atoms with E-state index in [0.29, 0.717) is 31.0 Å². The summed E-state index contributed by atoms with van der Waals surface area (Å²) in [4.78, 5) is 28.4. The molecule has 2 saturated heterocycles. The summed E-state index contributed by atoms with van der Waals surface area (Å²) in [6.07, 6.45) is 0.759. The summed E-state index contributed by atoms with van der Waals surface area (Å²) in [5.41, 5.74) is -1.01. The molecular formula is C25H39ClN4O5S. The van der Waals surface area contributed by atoms with Gasteiger partial charge in [0.25, 0.3) is 10.2 Å². The largest absolute Gasteiger partial charge is 0.384 e. The third kappa shape index (κ3) is 5.57. The highest BCUT2D eigenvalue weighted by atomic mass is 35.5. The molecule has 36 heavy (non-hydrogen) atoms. The maximum absolute atomic E-state index is 13.6. The van der Waals surface area contributed by atoms with E-state index in [9.17, 15) is 23.1 Å². The Balaban J connectivity index is 1.70. The van der Waals surface area contributed by atoms with Gasteiger partial charge in [-0.2, -0.15) is 17.0 Å². The highest BCUT2D eigenvalue weighted by molar-refractivity contribution is 7.86. The predicted octanol–water partition coefficient (Wildman–Crippen LogP) is 2.06. The van der Waals surface area contributed by atoms with E-state index in [2.05, 4.69) is 5.32 Å². The quantitative estimate of drug-likeness (QED) is 0.548. The van der Waals surface area contributed by atoms with Gasteiger partial charge in [-0.15, -0.1) is 0 Å². The number of aliphatic hydroxyl groups is 1. The number of hydrogen-bond donors (Lipinski definition) is 2. The lowest BCUT2D eigenvalue weighted by molar-refractivity contribution is -0.157. The van der Waals surface area contributed by atoms with Crippen LogP contribution in [0.3, 0.4) is 0 Å². The number of carbonyl (C=O) groups is 2. The van der Waals surface area contributed by atoms with E-state index in [-0.39, 0.29) is 30.8 Å². The SMILES string of the molecule is CC(C)[C@@H](NC(=O)[C@@H]1CCN(S(=O)(=O)N(C)C)C1)C(=O)N1CC[C@](O)(c2ccc(Cl)cc2)C(C)(C)C1. The summed E-state index contributed by atoms with van der Waals surface area (Å²) in [6.45, 7) is 8.64. The number of likely N-dealkylation sites (tertiary alicyclic amines) is 1. The molecule has 0 radical (unpaired) electrons. The molecule has 0 unspecified atom stereocenters. The van der Waals surface area contributed by atoms with Gasteiger partial charge < -0.3 is 15.3 Å². The van der Waals surface area contributed by atoms with E-state index in [1.54, 1.807) is 17.0 Å². The minimum atomic E-state index is -3.59. The second kappa shape index (κ2) is 10.6. The topological polar surface area (TPSA) is 110 Å². The van der Waals surface area contributed by atoms with Gasteiger partial charge in [0.1, 0.15) is 6.04 Å². The average Bonchev–Trinajstić information content (AvgIpc) is 3.30. The summed E-state index contributed by atoms with van der Waals surface area (Å²) in [6, 6.07) is 6.40. The van der Waals surface area contributed by atoms with Crippen LogP contribution in [-0.2, 0) is 25.4 Å². The van der Waals surface area contributed by atoms with Crippen LogP contribution >= 0.6 is 11.6 Å². The third-order valence-electron chi connectivity index (χ3n) is 7.62. The third-order valence-corrected chi connectivity index (χ3v) is 9.78. The average molecular weight is 543 g/mol. The van der Waals surface area contributed by atoms with Gasteiger partial charge >= 0.3 is 0 Å². The molecule has 2 fully saturated rings. The number of hydrogen-bond acceptors (Lipinski definition) is 5. The Hall–Kier alpha value is -1.72. The van der Waals surface area contributed by atoms with Crippen LogP contribution in [0.4, 0.5) is 0 Å². The van der Waals surface area contributed by atoms with Gasteiger partial charge in [-0.05, 0) is 36.5 Å². The maximum atomic E-state index is 13.6. The van der Waals surface area contributed by atoms with Crippen LogP contribution in [0.5, 0.6) is 0 Å². The molecule has 1 aromatic carbocycles. The van der Waals surface area contributed by atoms with Crippen molar-refractivity contribution in [1.82, 2.24) is 18.8 Å². The van der Waals surface area contributed by atoms with Crippen LogP contribution < -0.4 is 5.32 Å². The Kier molecular flexibility index (Phi) is 8.47. The molecule has 0 aromatic heterocycles. The molecule has 3 rings (SSSR count). The van der Waals surface area contributed by atoms with Gasteiger partial charge in [0.2, 0.25) is 11.8 Å². The summed E-state index contributed by atoms with van der Waals surface area (Å²) in [7, 11) is -0.665. The molecule has 2 amide bonds. The number of carbonyl (C=O) groups excluding carboxylic acids is 2. The lowest BCUT2D eigenvalue weighted by atomic mass is 9.66. The summed E-state index contributed by atoms with van der Waals surface area (Å²) >= 11 is 6.03. The summed E-state index contributed by atoms with van der Waals surface area (Å²) in [5, 5.41) is 15.1. The molecule has 2 aliphatic heterocycles. The zero-order valence-electron chi connectivity index (χ0n) is 22.0. The minimum Gasteiger partial charge on any atom is -0.384 e. The Bertz CT molecular complexity index is 1080. The van der Waals surface area contributed by atoms with Crippen LogP contribution in [-0.4, -0.2) is 85.2 Å². The van der Waals surface area contributed by atoms with E-state index in [1.807, 2.05) is 39.8 Å². The number of rotatable bonds is 7. The van der Waals surface area contributed by atoms with Crippen molar-refractivity contribution < 1.29 is 23.1 Å². The lowest BCUT2D eigenvalue weighted by Crippen LogP contribution is -2.60. The minimum absolute atomic E-state index is 0.0935. The van der Waals surface area contributed by atoms with Crippen molar-refractivity contribution in [3.63, 3.8) is 0 Å². The second-order valence-electron chi connectivity index (χ2n) is 11.1. The Morgan fingerprint density at radius 2 is 1.78 bits per heavy atom. The molecule has 202 valence electrons. The first-order valence-corrected chi connectivity index (χ1v) is 14.1. The van der Waals surface area contributed by atoms with Gasteiger partial charge in [-0.3, -0.25) is 9.59 Å². The zero-order chi connectivity index (χ0) is 27.1. The fourth-order valence-corrected chi connectivity index (χ4v) is 6.43. The second-order valence-corrected chi connectivity index (χ2v) is 13.7. The number of nitrogens with zero attached hydrogens (tertiary/aromatic N) is 3. The predicted molar refractivity (Wildman–Crippen MR) is 139 cm³/mol. The summed E-state index contributed by atoms with van der Waals surface area (Å²) in [5.74, 6) is -1.18. The van der Waals surface area contributed by atoms with Crippen molar-refractivity contribution in [1.29, 1.82) is 0 Å². The molecule has 3 atom stereocenters. The first kappa shape index (κ1) is 28.8. The smallest absolute Gasteiger partial charge is 0.281 e. The van der Waals surface area contributed by atoms with E-state index in [1.165, 1.54) is 18.4 Å². The molecule has 2 heterocycles. The molecule has 2 aliphatic rings. The van der Waals surface area contributed by atoms with Crippen molar-refractivity contribution in [2.24, 2.45) is 17.3 Å². The number of halogens is 1.